The Bertz CT molecular complexity index is 624. The number of aromatic nitrogens is 1. The zero-order chi connectivity index (χ0) is 15.2. The van der Waals surface area contributed by atoms with Gasteiger partial charge in [0.15, 0.2) is 0 Å². The Hall–Kier alpha value is -2.01. The number of rotatable bonds is 6. The summed E-state index contributed by atoms with van der Waals surface area (Å²) >= 11 is 1.50. The number of thiazole rings is 1. The Labute approximate surface area is 129 Å². The fourth-order valence-electron chi connectivity index (χ4n) is 2.05. The van der Waals surface area contributed by atoms with E-state index in [0.29, 0.717) is 5.13 Å². The average molecular weight is 300 g/mol. The van der Waals surface area contributed by atoms with Gasteiger partial charge in [-0.25, -0.2) is 4.98 Å². The first-order valence-electron chi connectivity index (χ1n) is 7.04. The summed E-state index contributed by atoms with van der Waals surface area (Å²) in [5.74, 6) is 0. The molecule has 0 bridgehead atoms. The fraction of sp³-hybridized carbons (Fsp3) is 0.312. The lowest BCUT2D eigenvalue weighted by Gasteiger charge is -2.20. The molecule has 0 aliphatic rings. The number of hydrogen-bond acceptors (Lipinski definition) is 5. The lowest BCUT2D eigenvalue weighted by Crippen LogP contribution is -2.21. The number of hydrogen-bond donors (Lipinski definition) is 0. The highest BCUT2D eigenvalue weighted by molar-refractivity contribution is 7.16. The number of benzene rings is 1. The van der Waals surface area contributed by atoms with Crippen LogP contribution in [0.3, 0.4) is 0 Å². The van der Waals surface area contributed by atoms with Gasteiger partial charge in [-0.2, -0.15) is 0 Å². The van der Waals surface area contributed by atoms with E-state index in [-0.39, 0.29) is 0 Å². The van der Waals surface area contributed by atoms with E-state index in [1.165, 1.54) is 17.0 Å². The lowest BCUT2D eigenvalue weighted by atomic mass is 10.2. The van der Waals surface area contributed by atoms with Crippen molar-refractivity contribution < 1.29 is 0 Å². The van der Waals surface area contributed by atoms with Crippen molar-refractivity contribution in [2.45, 2.75) is 20.8 Å². The summed E-state index contributed by atoms with van der Waals surface area (Å²) in [5, 5.41) is 9.09. The van der Waals surface area contributed by atoms with E-state index in [0.717, 1.165) is 29.3 Å². The molecule has 1 heterocycles. The van der Waals surface area contributed by atoms with Crippen molar-refractivity contribution in [3.05, 3.63) is 41.4 Å². The highest BCUT2D eigenvalue weighted by Gasteiger charge is 2.04. The molecule has 0 saturated heterocycles. The Morgan fingerprint density at radius 3 is 2.38 bits per heavy atom. The van der Waals surface area contributed by atoms with Crippen LogP contribution in [0.4, 0.5) is 16.5 Å². The van der Waals surface area contributed by atoms with Gasteiger partial charge in [0.25, 0.3) is 0 Å². The summed E-state index contributed by atoms with van der Waals surface area (Å²) in [6.45, 7) is 12.0. The minimum absolute atomic E-state index is 0.662. The van der Waals surface area contributed by atoms with Crippen LogP contribution in [0.1, 0.15) is 24.4 Å². The topological polar surface area (TPSA) is 40.9 Å². The first-order valence-corrected chi connectivity index (χ1v) is 7.86. The predicted octanol–water partition coefficient (Wildman–Crippen LogP) is 5.36. The summed E-state index contributed by atoms with van der Waals surface area (Å²) in [7, 11) is 0. The Kier molecular flexibility index (Phi) is 5.22. The van der Waals surface area contributed by atoms with Gasteiger partial charge < -0.3 is 4.90 Å². The summed E-state index contributed by atoms with van der Waals surface area (Å²) in [6.07, 6.45) is 1.80. The van der Waals surface area contributed by atoms with Crippen molar-refractivity contribution in [3.63, 3.8) is 0 Å². The minimum Gasteiger partial charge on any atom is -0.372 e. The Morgan fingerprint density at radius 1 is 1.19 bits per heavy atom. The first kappa shape index (κ1) is 15.4. The first-order chi connectivity index (χ1) is 10.2. The van der Waals surface area contributed by atoms with Gasteiger partial charge in [-0.15, -0.1) is 10.2 Å². The normalized spacial score (nSPS) is 11.0. The molecule has 0 aliphatic carbocycles. The quantitative estimate of drug-likeness (QED) is 0.674. The molecule has 0 aliphatic heterocycles. The second-order valence-electron chi connectivity index (χ2n) is 4.54. The van der Waals surface area contributed by atoms with E-state index >= 15 is 0 Å². The van der Waals surface area contributed by atoms with Gasteiger partial charge in [0, 0.05) is 18.8 Å². The van der Waals surface area contributed by atoms with Crippen LogP contribution in [-0.2, 0) is 0 Å². The molecule has 0 atom stereocenters. The minimum atomic E-state index is 0.662. The van der Waals surface area contributed by atoms with Crippen molar-refractivity contribution in [2.24, 2.45) is 10.2 Å². The second kappa shape index (κ2) is 7.13. The smallest absolute Gasteiger partial charge is 0.230 e. The van der Waals surface area contributed by atoms with Gasteiger partial charge in [0.2, 0.25) is 5.13 Å². The van der Waals surface area contributed by atoms with Crippen molar-refractivity contribution >= 4 is 33.9 Å². The van der Waals surface area contributed by atoms with E-state index in [1.807, 2.05) is 19.1 Å². The third-order valence-corrected chi connectivity index (χ3v) is 4.27. The third kappa shape index (κ3) is 3.76. The molecule has 2 aromatic rings. The van der Waals surface area contributed by atoms with Crippen LogP contribution in [-0.4, -0.2) is 18.1 Å². The monoisotopic (exact) mass is 300 g/mol. The van der Waals surface area contributed by atoms with E-state index in [4.69, 9.17) is 0 Å². The molecule has 110 valence electrons. The SMILES string of the molecule is C=Cc1sc(N=Nc2ccc(N(CC)CC)cc2)nc1C. The fourth-order valence-corrected chi connectivity index (χ4v) is 2.78. The summed E-state index contributed by atoms with van der Waals surface area (Å²) in [6, 6.07) is 8.10. The van der Waals surface area contributed by atoms with Crippen molar-refractivity contribution in [1.82, 2.24) is 4.98 Å². The van der Waals surface area contributed by atoms with Crippen LogP contribution >= 0.6 is 11.3 Å². The maximum atomic E-state index is 4.35. The molecule has 0 fully saturated rings. The zero-order valence-electron chi connectivity index (χ0n) is 12.7. The van der Waals surface area contributed by atoms with Gasteiger partial charge in [-0.05, 0) is 45.0 Å². The highest BCUT2D eigenvalue weighted by Crippen LogP contribution is 2.28. The molecule has 1 aromatic carbocycles. The summed E-state index contributed by atoms with van der Waals surface area (Å²) in [4.78, 5) is 7.68. The van der Waals surface area contributed by atoms with Gasteiger partial charge in [0.1, 0.15) is 0 Å². The number of azo groups is 1. The van der Waals surface area contributed by atoms with Gasteiger partial charge in [0.05, 0.1) is 16.3 Å². The molecular weight excluding hydrogens is 280 g/mol. The average Bonchev–Trinajstić information content (AvgIpc) is 2.88. The Morgan fingerprint density at radius 2 is 1.86 bits per heavy atom. The maximum Gasteiger partial charge on any atom is 0.230 e. The lowest BCUT2D eigenvalue weighted by molar-refractivity contribution is 0.866. The molecule has 4 nitrogen and oxygen atoms in total. The van der Waals surface area contributed by atoms with Crippen molar-refractivity contribution in [3.8, 4) is 0 Å². The molecular formula is C16H20N4S. The van der Waals surface area contributed by atoms with Crippen molar-refractivity contribution in [1.29, 1.82) is 0 Å². The van der Waals surface area contributed by atoms with Crippen LogP contribution < -0.4 is 4.90 Å². The summed E-state index contributed by atoms with van der Waals surface area (Å²) < 4.78 is 0. The summed E-state index contributed by atoms with van der Waals surface area (Å²) in [5.41, 5.74) is 2.98. The molecule has 0 unspecified atom stereocenters. The second-order valence-corrected chi connectivity index (χ2v) is 5.55. The highest BCUT2D eigenvalue weighted by atomic mass is 32.1. The number of anilines is 1. The van der Waals surface area contributed by atoms with Crippen LogP contribution in [0, 0.1) is 6.92 Å². The molecule has 0 amide bonds. The Balaban J connectivity index is 2.12. The standard InChI is InChI=1S/C16H20N4S/c1-5-15-12(4)17-16(21-15)19-18-13-8-10-14(11-9-13)20(6-2)7-3/h5,8-11H,1,6-7H2,2-4H3. The molecule has 21 heavy (non-hydrogen) atoms. The van der Waals surface area contributed by atoms with E-state index in [1.54, 1.807) is 6.08 Å². The molecule has 1 aromatic heterocycles. The molecule has 0 radical (unpaired) electrons. The zero-order valence-corrected chi connectivity index (χ0v) is 13.5. The molecule has 0 N–H and O–H groups in total. The molecule has 2 rings (SSSR count). The van der Waals surface area contributed by atoms with Crippen LogP contribution in [0.25, 0.3) is 6.08 Å². The van der Waals surface area contributed by atoms with E-state index in [2.05, 4.69) is 52.7 Å². The molecule has 0 saturated carbocycles. The van der Waals surface area contributed by atoms with Gasteiger partial charge in [-0.3, -0.25) is 0 Å². The number of aryl methyl sites for hydroxylation is 1. The maximum absolute atomic E-state index is 4.35. The van der Waals surface area contributed by atoms with Crippen LogP contribution in [0.15, 0.2) is 41.1 Å². The third-order valence-electron chi connectivity index (χ3n) is 3.24. The van der Waals surface area contributed by atoms with Crippen LogP contribution in [0.5, 0.6) is 0 Å². The largest absolute Gasteiger partial charge is 0.372 e. The van der Waals surface area contributed by atoms with E-state index in [9.17, 15) is 0 Å². The van der Waals surface area contributed by atoms with Gasteiger partial charge >= 0.3 is 0 Å². The van der Waals surface area contributed by atoms with E-state index < -0.39 is 0 Å². The van der Waals surface area contributed by atoms with Crippen LogP contribution in [0.2, 0.25) is 0 Å². The molecule has 5 heteroatoms. The van der Waals surface area contributed by atoms with Crippen molar-refractivity contribution in [2.75, 3.05) is 18.0 Å². The predicted molar refractivity (Wildman–Crippen MR) is 91.1 cm³/mol. The van der Waals surface area contributed by atoms with Gasteiger partial charge in [-0.1, -0.05) is 24.0 Å². The number of nitrogens with zero attached hydrogens (tertiary/aromatic N) is 4. The molecule has 0 spiro atoms.